The molecule has 0 fully saturated rings. The third kappa shape index (κ3) is 9.17. The number of rotatable bonds is 6. The summed E-state index contributed by atoms with van der Waals surface area (Å²) in [5.74, 6) is -0.916. The van der Waals surface area contributed by atoms with Gasteiger partial charge < -0.3 is 9.84 Å². The molecular formula is C8H14O3. The first-order valence-electron chi connectivity index (χ1n) is 3.57. The van der Waals surface area contributed by atoms with E-state index in [1.807, 2.05) is 6.92 Å². The predicted molar refractivity (Wildman–Crippen MR) is 42.5 cm³/mol. The number of aliphatic carboxylic acids is 1. The molecule has 0 aromatic rings. The largest absolute Gasteiger partial charge is 0.480 e. The van der Waals surface area contributed by atoms with Gasteiger partial charge in [0.1, 0.15) is 6.61 Å². The van der Waals surface area contributed by atoms with Crippen molar-refractivity contribution < 1.29 is 14.6 Å². The molecule has 0 heterocycles. The van der Waals surface area contributed by atoms with Crippen LogP contribution in [0, 0.1) is 0 Å². The van der Waals surface area contributed by atoms with Crippen molar-refractivity contribution in [3.63, 3.8) is 0 Å². The number of hydrogen-bond donors (Lipinski definition) is 1. The Labute approximate surface area is 66.7 Å². The van der Waals surface area contributed by atoms with E-state index in [1.54, 1.807) is 0 Å². The number of allylic oxidation sites excluding steroid dienone is 1. The zero-order chi connectivity index (χ0) is 8.69. The van der Waals surface area contributed by atoms with Gasteiger partial charge in [-0.1, -0.05) is 5.57 Å². The molecule has 64 valence electrons. The van der Waals surface area contributed by atoms with E-state index in [0.29, 0.717) is 6.61 Å². The molecule has 0 aliphatic carbocycles. The first kappa shape index (κ1) is 10.2. The average molecular weight is 158 g/mol. The molecule has 0 bridgehead atoms. The van der Waals surface area contributed by atoms with Gasteiger partial charge in [0, 0.05) is 6.61 Å². The molecule has 11 heavy (non-hydrogen) atoms. The fraction of sp³-hybridized carbons (Fsp3) is 0.625. The summed E-state index contributed by atoms with van der Waals surface area (Å²) >= 11 is 0. The van der Waals surface area contributed by atoms with Gasteiger partial charge in [0.05, 0.1) is 0 Å². The summed E-state index contributed by atoms with van der Waals surface area (Å²) in [5.41, 5.74) is 1.10. The van der Waals surface area contributed by atoms with Gasteiger partial charge in [-0.15, -0.1) is 6.58 Å². The van der Waals surface area contributed by atoms with Crippen LogP contribution in [0.4, 0.5) is 0 Å². The Morgan fingerprint density at radius 2 is 2.27 bits per heavy atom. The average Bonchev–Trinajstić information content (AvgIpc) is 1.85. The topological polar surface area (TPSA) is 46.5 Å². The summed E-state index contributed by atoms with van der Waals surface area (Å²) < 4.78 is 4.80. The molecule has 0 rings (SSSR count). The van der Waals surface area contributed by atoms with Crippen LogP contribution >= 0.6 is 0 Å². The van der Waals surface area contributed by atoms with E-state index >= 15 is 0 Å². The van der Waals surface area contributed by atoms with Crippen molar-refractivity contribution in [3.8, 4) is 0 Å². The second-order valence-corrected chi connectivity index (χ2v) is 2.51. The van der Waals surface area contributed by atoms with Crippen LogP contribution in [0.1, 0.15) is 19.8 Å². The molecule has 0 unspecified atom stereocenters. The van der Waals surface area contributed by atoms with Crippen molar-refractivity contribution in [2.75, 3.05) is 13.2 Å². The van der Waals surface area contributed by atoms with Crippen molar-refractivity contribution in [3.05, 3.63) is 12.2 Å². The van der Waals surface area contributed by atoms with E-state index in [4.69, 9.17) is 9.84 Å². The summed E-state index contributed by atoms with van der Waals surface area (Å²) in [6, 6.07) is 0. The van der Waals surface area contributed by atoms with Crippen molar-refractivity contribution in [2.45, 2.75) is 19.8 Å². The minimum absolute atomic E-state index is 0.198. The van der Waals surface area contributed by atoms with Crippen molar-refractivity contribution in [2.24, 2.45) is 0 Å². The van der Waals surface area contributed by atoms with Gasteiger partial charge in [-0.05, 0) is 19.8 Å². The molecule has 3 heteroatoms. The normalized spacial score (nSPS) is 9.55. The minimum Gasteiger partial charge on any atom is -0.480 e. The van der Waals surface area contributed by atoms with Crippen LogP contribution < -0.4 is 0 Å². The van der Waals surface area contributed by atoms with Crippen LogP contribution in [0.3, 0.4) is 0 Å². The Hall–Kier alpha value is -0.830. The number of carboxylic acid groups (broad SMARTS) is 1. The van der Waals surface area contributed by atoms with Gasteiger partial charge in [-0.2, -0.15) is 0 Å². The molecule has 0 saturated heterocycles. The maximum atomic E-state index is 9.95. The Balaban J connectivity index is 3.03. The molecule has 0 spiro atoms. The van der Waals surface area contributed by atoms with Gasteiger partial charge >= 0.3 is 5.97 Å². The molecule has 0 aromatic heterocycles. The Morgan fingerprint density at radius 3 is 2.73 bits per heavy atom. The number of hydrogen-bond acceptors (Lipinski definition) is 2. The summed E-state index contributed by atoms with van der Waals surface area (Å²) in [6.07, 6.45) is 1.75. The lowest BCUT2D eigenvalue weighted by Gasteiger charge is -1.99. The standard InChI is InChI=1S/C8H14O3/c1-7(2)4-3-5-11-6-8(9)10/h1,3-6H2,2H3,(H,9,10). The fourth-order valence-electron chi connectivity index (χ4n) is 0.635. The highest BCUT2D eigenvalue weighted by Crippen LogP contribution is 1.99. The molecule has 0 atom stereocenters. The van der Waals surface area contributed by atoms with Crippen LogP contribution in [-0.2, 0) is 9.53 Å². The predicted octanol–water partition coefficient (Wildman–Crippen LogP) is 1.44. The highest BCUT2D eigenvalue weighted by atomic mass is 16.5. The third-order valence-corrected chi connectivity index (χ3v) is 1.12. The molecule has 0 aromatic carbocycles. The quantitative estimate of drug-likeness (QED) is 0.470. The molecular weight excluding hydrogens is 144 g/mol. The molecule has 3 nitrogen and oxygen atoms in total. The summed E-state index contributed by atoms with van der Waals surface area (Å²) in [6.45, 7) is 5.96. The lowest BCUT2D eigenvalue weighted by molar-refractivity contribution is -0.142. The monoisotopic (exact) mass is 158 g/mol. The SMILES string of the molecule is C=C(C)CCCOCC(=O)O. The van der Waals surface area contributed by atoms with Crippen LogP contribution in [0.2, 0.25) is 0 Å². The van der Waals surface area contributed by atoms with E-state index in [0.717, 1.165) is 18.4 Å². The molecule has 0 amide bonds. The van der Waals surface area contributed by atoms with Crippen LogP contribution in [0.25, 0.3) is 0 Å². The van der Waals surface area contributed by atoms with E-state index in [1.165, 1.54) is 0 Å². The Morgan fingerprint density at radius 1 is 1.64 bits per heavy atom. The van der Waals surface area contributed by atoms with Crippen LogP contribution in [0.15, 0.2) is 12.2 Å². The number of carbonyl (C=O) groups is 1. The lowest BCUT2D eigenvalue weighted by atomic mass is 10.2. The van der Waals surface area contributed by atoms with Crippen molar-refractivity contribution in [1.29, 1.82) is 0 Å². The second kappa shape index (κ2) is 5.92. The first-order chi connectivity index (χ1) is 5.13. The fourth-order valence-corrected chi connectivity index (χ4v) is 0.635. The summed E-state index contributed by atoms with van der Waals surface area (Å²) in [5, 5.41) is 8.18. The smallest absolute Gasteiger partial charge is 0.329 e. The lowest BCUT2D eigenvalue weighted by Crippen LogP contribution is -2.07. The molecule has 0 aliphatic heterocycles. The molecule has 0 radical (unpaired) electrons. The van der Waals surface area contributed by atoms with E-state index < -0.39 is 5.97 Å². The highest BCUT2D eigenvalue weighted by molar-refractivity contribution is 5.67. The first-order valence-corrected chi connectivity index (χ1v) is 3.57. The van der Waals surface area contributed by atoms with Gasteiger partial charge in [-0.25, -0.2) is 4.79 Å². The van der Waals surface area contributed by atoms with Gasteiger partial charge in [-0.3, -0.25) is 0 Å². The number of carboxylic acids is 1. The van der Waals surface area contributed by atoms with E-state index in [2.05, 4.69) is 6.58 Å². The summed E-state index contributed by atoms with van der Waals surface area (Å²) in [7, 11) is 0. The zero-order valence-electron chi connectivity index (χ0n) is 6.80. The van der Waals surface area contributed by atoms with Crippen molar-refractivity contribution >= 4 is 5.97 Å². The van der Waals surface area contributed by atoms with E-state index in [9.17, 15) is 4.79 Å². The third-order valence-electron chi connectivity index (χ3n) is 1.12. The maximum Gasteiger partial charge on any atom is 0.329 e. The van der Waals surface area contributed by atoms with Gasteiger partial charge in [0.2, 0.25) is 0 Å². The summed E-state index contributed by atoms with van der Waals surface area (Å²) in [4.78, 5) is 9.95. The van der Waals surface area contributed by atoms with Gasteiger partial charge in [0.15, 0.2) is 0 Å². The molecule has 0 saturated carbocycles. The van der Waals surface area contributed by atoms with Crippen molar-refractivity contribution in [1.82, 2.24) is 0 Å². The Kier molecular flexibility index (Phi) is 5.47. The number of ether oxygens (including phenoxy) is 1. The van der Waals surface area contributed by atoms with Crippen LogP contribution in [-0.4, -0.2) is 24.3 Å². The van der Waals surface area contributed by atoms with Gasteiger partial charge in [0.25, 0.3) is 0 Å². The maximum absolute atomic E-state index is 9.95. The second-order valence-electron chi connectivity index (χ2n) is 2.51. The molecule has 1 N–H and O–H groups in total. The van der Waals surface area contributed by atoms with Crippen LogP contribution in [0.5, 0.6) is 0 Å². The molecule has 0 aliphatic rings. The Bertz CT molecular complexity index is 124. The highest BCUT2D eigenvalue weighted by Gasteiger charge is 1.95. The zero-order valence-corrected chi connectivity index (χ0v) is 6.80. The van der Waals surface area contributed by atoms with E-state index in [-0.39, 0.29) is 6.61 Å². The minimum atomic E-state index is -0.916.